The molecule has 1 amide bonds. The third kappa shape index (κ3) is 2.54. The molecule has 0 aliphatic carbocycles. The number of amides is 1. The molecule has 0 aromatic heterocycles. The Balaban J connectivity index is 2.45. The van der Waals surface area contributed by atoms with Gasteiger partial charge in [-0.2, -0.15) is 0 Å². The molecule has 72 valence electrons. The Hall–Kier alpha value is -0.350. The number of nitrogens with zero attached hydrogens (tertiary/aromatic N) is 1. The fourth-order valence-corrected chi connectivity index (χ4v) is 2.32. The Morgan fingerprint density at radius 3 is 2.69 bits per heavy atom. The summed E-state index contributed by atoms with van der Waals surface area (Å²) < 4.78 is 0.658. The number of carbonyl (C=O) groups excluding carboxylic acids is 1. The van der Waals surface area contributed by atoms with E-state index in [-0.39, 0.29) is 5.91 Å². The maximum atomic E-state index is 11.4. The molecule has 1 heterocycles. The zero-order chi connectivity index (χ0) is 9.84. The Kier molecular flexibility index (Phi) is 3.93. The van der Waals surface area contributed by atoms with Crippen LogP contribution in [-0.4, -0.2) is 21.7 Å². The van der Waals surface area contributed by atoms with Crippen molar-refractivity contribution in [3.8, 4) is 0 Å². The van der Waals surface area contributed by atoms with Crippen LogP contribution in [0.5, 0.6) is 0 Å². The van der Waals surface area contributed by atoms with Crippen LogP contribution in [-0.2, 0) is 4.79 Å². The van der Waals surface area contributed by atoms with Crippen LogP contribution in [0.1, 0.15) is 26.2 Å². The Morgan fingerprint density at radius 2 is 2.23 bits per heavy atom. The average Bonchev–Trinajstić information content (AvgIpc) is 2.32. The second-order valence-electron chi connectivity index (χ2n) is 2.96. The summed E-state index contributed by atoms with van der Waals surface area (Å²) in [5.41, 5.74) is 0. The Morgan fingerprint density at radius 1 is 1.54 bits per heavy atom. The molecule has 0 aromatic rings. The molecule has 0 radical (unpaired) electrons. The van der Waals surface area contributed by atoms with E-state index in [0.717, 1.165) is 25.8 Å². The highest BCUT2D eigenvalue weighted by Crippen LogP contribution is 2.29. The maximum Gasteiger partial charge on any atom is 0.265 e. The van der Waals surface area contributed by atoms with E-state index in [1.165, 1.54) is 11.8 Å². The first-order valence-electron chi connectivity index (χ1n) is 4.39. The number of rotatable bonds is 4. The zero-order valence-electron chi connectivity index (χ0n) is 7.71. The van der Waals surface area contributed by atoms with Crippen LogP contribution >= 0.6 is 24.0 Å². The van der Waals surface area contributed by atoms with Crippen molar-refractivity contribution in [1.29, 1.82) is 0 Å². The molecule has 2 nitrogen and oxygen atoms in total. The quantitative estimate of drug-likeness (QED) is 0.408. The van der Waals surface area contributed by atoms with E-state index in [2.05, 4.69) is 13.5 Å². The lowest BCUT2D eigenvalue weighted by molar-refractivity contribution is -0.122. The van der Waals surface area contributed by atoms with Gasteiger partial charge in [0.25, 0.3) is 5.91 Å². The minimum atomic E-state index is -0.00824. The van der Waals surface area contributed by atoms with Gasteiger partial charge in [-0.25, -0.2) is 0 Å². The highest BCUT2D eigenvalue weighted by Gasteiger charge is 2.29. The highest BCUT2D eigenvalue weighted by atomic mass is 32.2. The standard InChI is InChI=1S/C9H13NOS2/c1-3-4-5-6-10-8(11)7(2)13-9(10)12/h2-6H2,1H3. The second-order valence-corrected chi connectivity index (χ2v) is 4.68. The predicted molar refractivity (Wildman–Crippen MR) is 60.6 cm³/mol. The Bertz CT molecular complexity index is 250. The molecule has 0 N–H and O–H groups in total. The van der Waals surface area contributed by atoms with E-state index < -0.39 is 0 Å². The normalized spacial score (nSPS) is 17.3. The first kappa shape index (κ1) is 10.7. The highest BCUT2D eigenvalue weighted by molar-refractivity contribution is 8.26. The topological polar surface area (TPSA) is 20.3 Å². The van der Waals surface area contributed by atoms with Crippen LogP contribution in [0.15, 0.2) is 11.5 Å². The molecule has 0 spiro atoms. The van der Waals surface area contributed by atoms with Crippen molar-refractivity contribution in [3.63, 3.8) is 0 Å². The van der Waals surface area contributed by atoms with Crippen LogP contribution < -0.4 is 0 Å². The largest absolute Gasteiger partial charge is 0.293 e. The minimum Gasteiger partial charge on any atom is -0.293 e. The van der Waals surface area contributed by atoms with Crippen molar-refractivity contribution in [2.75, 3.05) is 6.54 Å². The fourth-order valence-electron chi connectivity index (χ4n) is 1.15. The van der Waals surface area contributed by atoms with Crippen molar-refractivity contribution in [1.82, 2.24) is 4.90 Å². The second kappa shape index (κ2) is 4.77. The van der Waals surface area contributed by atoms with E-state index in [9.17, 15) is 4.79 Å². The van der Waals surface area contributed by atoms with E-state index >= 15 is 0 Å². The SMILES string of the molecule is C=C1SC(=S)N(CCCCC)C1=O. The monoisotopic (exact) mass is 215 g/mol. The third-order valence-electron chi connectivity index (χ3n) is 1.90. The van der Waals surface area contributed by atoms with Gasteiger partial charge in [0.15, 0.2) is 0 Å². The zero-order valence-corrected chi connectivity index (χ0v) is 9.34. The molecule has 0 atom stereocenters. The van der Waals surface area contributed by atoms with Crippen LogP contribution in [0.4, 0.5) is 0 Å². The van der Waals surface area contributed by atoms with E-state index in [1.54, 1.807) is 4.90 Å². The predicted octanol–water partition coefficient (Wildman–Crippen LogP) is 2.55. The van der Waals surface area contributed by atoms with Crippen molar-refractivity contribution >= 4 is 34.2 Å². The summed E-state index contributed by atoms with van der Waals surface area (Å²) in [5.74, 6) is -0.00824. The summed E-state index contributed by atoms with van der Waals surface area (Å²) in [6.45, 7) is 6.53. The number of thioether (sulfide) groups is 1. The van der Waals surface area contributed by atoms with Crippen LogP contribution in [0.3, 0.4) is 0 Å². The summed E-state index contributed by atoms with van der Waals surface area (Å²) in [5, 5.41) is 0. The van der Waals surface area contributed by atoms with Crippen molar-refractivity contribution in [2.45, 2.75) is 26.2 Å². The lowest BCUT2D eigenvalue weighted by Crippen LogP contribution is -2.28. The third-order valence-corrected chi connectivity index (χ3v) is 3.19. The lowest BCUT2D eigenvalue weighted by Gasteiger charge is -2.13. The van der Waals surface area contributed by atoms with Crippen LogP contribution in [0, 0.1) is 0 Å². The molecular formula is C9H13NOS2. The average molecular weight is 215 g/mol. The molecule has 0 unspecified atom stereocenters. The molecule has 13 heavy (non-hydrogen) atoms. The molecule has 1 aliphatic heterocycles. The van der Waals surface area contributed by atoms with Gasteiger partial charge in [0.05, 0.1) is 4.91 Å². The number of unbranched alkanes of at least 4 members (excludes halogenated alkanes) is 2. The molecule has 4 heteroatoms. The number of hydrogen-bond acceptors (Lipinski definition) is 3. The molecule has 0 bridgehead atoms. The molecule has 1 saturated heterocycles. The van der Waals surface area contributed by atoms with Gasteiger partial charge < -0.3 is 0 Å². The fraction of sp³-hybridized carbons (Fsp3) is 0.556. The summed E-state index contributed by atoms with van der Waals surface area (Å²) in [6.07, 6.45) is 3.32. The van der Waals surface area contributed by atoms with Gasteiger partial charge in [-0.1, -0.05) is 50.3 Å². The molecule has 0 aromatic carbocycles. The van der Waals surface area contributed by atoms with Gasteiger partial charge in [-0.15, -0.1) is 0 Å². The molecular weight excluding hydrogens is 202 g/mol. The van der Waals surface area contributed by atoms with Crippen LogP contribution in [0.2, 0.25) is 0 Å². The summed E-state index contributed by atoms with van der Waals surface area (Å²) in [7, 11) is 0. The summed E-state index contributed by atoms with van der Waals surface area (Å²) in [6, 6.07) is 0. The minimum absolute atomic E-state index is 0.00824. The van der Waals surface area contributed by atoms with E-state index in [4.69, 9.17) is 12.2 Å². The summed E-state index contributed by atoms with van der Waals surface area (Å²) >= 11 is 6.36. The molecule has 1 rings (SSSR count). The first-order valence-corrected chi connectivity index (χ1v) is 5.62. The molecule has 1 fully saturated rings. The van der Waals surface area contributed by atoms with Gasteiger partial charge in [0.1, 0.15) is 4.32 Å². The van der Waals surface area contributed by atoms with Gasteiger partial charge >= 0.3 is 0 Å². The van der Waals surface area contributed by atoms with Crippen molar-refractivity contribution < 1.29 is 4.79 Å². The maximum absolute atomic E-state index is 11.4. The summed E-state index contributed by atoms with van der Waals surface area (Å²) in [4.78, 5) is 13.6. The first-order chi connectivity index (χ1) is 6.16. The van der Waals surface area contributed by atoms with Gasteiger partial charge in [-0.05, 0) is 6.42 Å². The van der Waals surface area contributed by atoms with E-state index in [0.29, 0.717) is 9.23 Å². The van der Waals surface area contributed by atoms with Crippen LogP contribution in [0.25, 0.3) is 0 Å². The van der Waals surface area contributed by atoms with E-state index in [1.807, 2.05) is 0 Å². The van der Waals surface area contributed by atoms with Gasteiger partial charge in [0, 0.05) is 6.54 Å². The number of thiocarbonyl (C=S) groups is 1. The van der Waals surface area contributed by atoms with Gasteiger partial charge in [0.2, 0.25) is 0 Å². The smallest absolute Gasteiger partial charge is 0.265 e. The lowest BCUT2D eigenvalue weighted by atomic mass is 10.2. The molecule has 1 aliphatic rings. The van der Waals surface area contributed by atoms with Crippen molar-refractivity contribution in [2.24, 2.45) is 0 Å². The molecule has 0 saturated carbocycles. The van der Waals surface area contributed by atoms with Gasteiger partial charge in [-0.3, -0.25) is 9.69 Å². The Labute approximate surface area is 88.4 Å². The number of hydrogen-bond donors (Lipinski definition) is 0. The number of carbonyl (C=O) groups is 1. The van der Waals surface area contributed by atoms with Crippen molar-refractivity contribution in [3.05, 3.63) is 11.5 Å².